The molecule has 3 heteroatoms. The lowest BCUT2D eigenvalue weighted by molar-refractivity contribution is -0.0531. The highest BCUT2D eigenvalue weighted by atomic mass is 16.7. The van der Waals surface area contributed by atoms with Gasteiger partial charge < -0.3 is 9.47 Å². The Bertz CT molecular complexity index is 345. The molecule has 0 spiro atoms. The van der Waals surface area contributed by atoms with E-state index in [0.29, 0.717) is 6.61 Å². The molecule has 0 rings (SSSR count). The standard InChI is InChI=1S/C27H54O3/c1-5-9-13-14-15-16-17-18-19-20-21-25-29-26(28)30-27(22-10-6-2,23-11-7-3)24-12-8-4/h5-25H2,1-4H3. The Morgan fingerprint density at radius 1 is 0.533 bits per heavy atom. The zero-order valence-electron chi connectivity index (χ0n) is 21.1. The maximum Gasteiger partial charge on any atom is 0.508 e. The first-order chi connectivity index (χ1) is 14.6. The molecule has 0 atom stereocenters. The number of unbranched alkanes of at least 4 members (excludes halogenated alkanes) is 13. The van der Waals surface area contributed by atoms with Crippen LogP contribution in [0.5, 0.6) is 0 Å². The van der Waals surface area contributed by atoms with Crippen molar-refractivity contribution >= 4 is 6.16 Å². The van der Waals surface area contributed by atoms with Crippen LogP contribution < -0.4 is 0 Å². The minimum atomic E-state index is -0.439. The van der Waals surface area contributed by atoms with Gasteiger partial charge in [-0.2, -0.15) is 0 Å². The normalized spacial score (nSPS) is 11.6. The predicted molar refractivity (Wildman–Crippen MR) is 130 cm³/mol. The van der Waals surface area contributed by atoms with Crippen LogP contribution in [-0.4, -0.2) is 18.4 Å². The topological polar surface area (TPSA) is 35.5 Å². The number of carbonyl (C=O) groups is 1. The van der Waals surface area contributed by atoms with Crippen LogP contribution >= 0.6 is 0 Å². The third kappa shape index (κ3) is 17.0. The van der Waals surface area contributed by atoms with Crippen molar-refractivity contribution in [3.63, 3.8) is 0 Å². The van der Waals surface area contributed by atoms with Gasteiger partial charge in [-0.25, -0.2) is 4.79 Å². The highest BCUT2D eigenvalue weighted by Crippen LogP contribution is 2.32. The first-order valence-corrected chi connectivity index (χ1v) is 13.5. The molecule has 0 aliphatic carbocycles. The van der Waals surface area contributed by atoms with Crippen molar-refractivity contribution in [2.24, 2.45) is 0 Å². The van der Waals surface area contributed by atoms with Crippen molar-refractivity contribution in [1.29, 1.82) is 0 Å². The molecule has 0 aromatic rings. The van der Waals surface area contributed by atoms with Gasteiger partial charge in [-0.1, -0.05) is 111 Å². The Morgan fingerprint density at radius 2 is 0.900 bits per heavy atom. The van der Waals surface area contributed by atoms with Crippen LogP contribution in [0, 0.1) is 0 Å². The Labute approximate surface area is 189 Å². The lowest BCUT2D eigenvalue weighted by Gasteiger charge is -2.33. The lowest BCUT2D eigenvalue weighted by Crippen LogP contribution is -2.36. The summed E-state index contributed by atoms with van der Waals surface area (Å²) in [4.78, 5) is 12.4. The second kappa shape index (κ2) is 21.5. The fraction of sp³-hybridized carbons (Fsp3) is 0.963. The van der Waals surface area contributed by atoms with Gasteiger partial charge in [0.2, 0.25) is 0 Å². The second-order valence-corrected chi connectivity index (χ2v) is 9.23. The highest BCUT2D eigenvalue weighted by Gasteiger charge is 2.33. The van der Waals surface area contributed by atoms with E-state index in [-0.39, 0.29) is 5.60 Å². The fourth-order valence-electron chi connectivity index (χ4n) is 4.15. The van der Waals surface area contributed by atoms with Gasteiger partial charge in [0.15, 0.2) is 0 Å². The summed E-state index contributed by atoms with van der Waals surface area (Å²) in [6, 6.07) is 0. The van der Waals surface area contributed by atoms with Crippen LogP contribution in [0.4, 0.5) is 4.79 Å². The molecule has 0 aliphatic heterocycles. The largest absolute Gasteiger partial charge is 0.508 e. The number of hydrogen-bond donors (Lipinski definition) is 0. The summed E-state index contributed by atoms with van der Waals surface area (Å²) in [5.74, 6) is 0. The minimum absolute atomic E-state index is 0.309. The summed E-state index contributed by atoms with van der Waals surface area (Å²) in [5.41, 5.74) is -0.309. The van der Waals surface area contributed by atoms with Crippen LogP contribution in [0.15, 0.2) is 0 Å². The maximum absolute atomic E-state index is 12.4. The molecule has 0 fully saturated rings. The number of rotatable bonds is 22. The molecule has 0 saturated carbocycles. The smallest absolute Gasteiger partial charge is 0.434 e. The van der Waals surface area contributed by atoms with Gasteiger partial charge in [0, 0.05) is 0 Å². The zero-order valence-corrected chi connectivity index (χ0v) is 21.1. The van der Waals surface area contributed by atoms with E-state index < -0.39 is 6.16 Å². The van der Waals surface area contributed by atoms with E-state index in [9.17, 15) is 4.79 Å². The molecule has 0 unspecified atom stereocenters. The third-order valence-corrected chi connectivity index (χ3v) is 6.23. The first kappa shape index (κ1) is 29.3. The molecule has 0 aliphatic rings. The lowest BCUT2D eigenvalue weighted by atomic mass is 9.86. The molecule has 30 heavy (non-hydrogen) atoms. The molecule has 0 N–H and O–H groups in total. The van der Waals surface area contributed by atoms with E-state index >= 15 is 0 Å². The van der Waals surface area contributed by atoms with Gasteiger partial charge in [-0.05, 0) is 44.9 Å². The monoisotopic (exact) mass is 426 g/mol. The second-order valence-electron chi connectivity index (χ2n) is 9.23. The molecule has 3 nitrogen and oxygen atoms in total. The quantitative estimate of drug-likeness (QED) is 0.128. The number of carbonyl (C=O) groups excluding carboxylic acids is 1. The van der Waals surface area contributed by atoms with Crippen molar-refractivity contribution in [3.8, 4) is 0 Å². The van der Waals surface area contributed by atoms with Crippen molar-refractivity contribution in [1.82, 2.24) is 0 Å². The van der Waals surface area contributed by atoms with Crippen molar-refractivity contribution in [3.05, 3.63) is 0 Å². The summed E-state index contributed by atoms with van der Waals surface area (Å²) in [6.45, 7) is 9.38. The molecular formula is C27H54O3. The van der Waals surface area contributed by atoms with Crippen LogP contribution in [0.2, 0.25) is 0 Å². The Morgan fingerprint density at radius 3 is 1.30 bits per heavy atom. The van der Waals surface area contributed by atoms with E-state index in [2.05, 4.69) is 27.7 Å². The summed E-state index contributed by atoms with van der Waals surface area (Å²) < 4.78 is 11.4. The average Bonchev–Trinajstić information content (AvgIpc) is 2.75. The average molecular weight is 427 g/mol. The van der Waals surface area contributed by atoms with Crippen molar-refractivity contribution in [2.75, 3.05) is 6.61 Å². The molecule has 0 aromatic heterocycles. The van der Waals surface area contributed by atoms with Crippen molar-refractivity contribution in [2.45, 2.75) is 162 Å². The van der Waals surface area contributed by atoms with Crippen molar-refractivity contribution < 1.29 is 14.3 Å². The molecule has 0 radical (unpaired) electrons. The van der Waals surface area contributed by atoms with Gasteiger partial charge in [0.05, 0.1) is 6.61 Å². The van der Waals surface area contributed by atoms with Gasteiger partial charge in [0.25, 0.3) is 0 Å². The maximum atomic E-state index is 12.4. The third-order valence-electron chi connectivity index (χ3n) is 6.23. The van der Waals surface area contributed by atoms with Gasteiger partial charge >= 0.3 is 6.16 Å². The molecule has 0 aromatic carbocycles. The van der Waals surface area contributed by atoms with Crippen LogP contribution in [0.1, 0.15) is 156 Å². The van der Waals surface area contributed by atoms with Crippen LogP contribution in [-0.2, 0) is 9.47 Å². The summed E-state index contributed by atoms with van der Waals surface area (Å²) >= 11 is 0. The number of hydrogen-bond acceptors (Lipinski definition) is 3. The summed E-state index contributed by atoms with van der Waals surface area (Å²) in [7, 11) is 0. The minimum Gasteiger partial charge on any atom is -0.434 e. The zero-order chi connectivity index (χ0) is 22.3. The fourth-order valence-corrected chi connectivity index (χ4v) is 4.15. The molecule has 0 heterocycles. The van der Waals surface area contributed by atoms with Crippen LogP contribution in [0.25, 0.3) is 0 Å². The molecule has 0 amide bonds. The summed E-state index contributed by atoms with van der Waals surface area (Å²) in [6.07, 6.45) is 23.5. The van der Waals surface area contributed by atoms with Gasteiger partial charge in [0.1, 0.15) is 5.60 Å². The van der Waals surface area contributed by atoms with Crippen LogP contribution in [0.3, 0.4) is 0 Å². The predicted octanol–water partition coefficient (Wildman–Crippen LogP) is 9.76. The first-order valence-electron chi connectivity index (χ1n) is 13.5. The van der Waals surface area contributed by atoms with E-state index in [1.165, 1.54) is 57.8 Å². The Balaban J connectivity index is 4.01. The molecule has 0 bridgehead atoms. The van der Waals surface area contributed by atoms with E-state index in [1.807, 2.05) is 0 Å². The highest BCUT2D eigenvalue weighted by molar-refractivity contribution is 5.60. The summed E-state index contributed by atoms with van der Waals surface area (Å²) in [5, 5.41) is 0. The number of ether oxygens (including phenoxy) is 2. The Kier molecular flexibility index (Phi) is 21.0. The van der Waals surface area contributed by atoms with Gasteiger partial charge in [-0.15, -0.1) is 0 Å². The molecule has 0 saturated heterocycles. The van der Waals surface area contributed by atoms with E-state index in [1.54, 1.807) is 0 Å². The Hall–Kier alpha value is -0.730. The molecule has 180 valence electrons. The van der Waals surface area contributed by atoms with E-state index in [0.717, 1.165) is 70.6 Å². The van der Waals surface area contributed by atoms with Gasteiger partial charge in [-0.3, -0.25) is 0 Å². The van der Waals surface area contributed by atoms with E-state index in [4.69, 9.17) is 9.47 Å². The molecular weight excluding hydrogens is 372 g/mol. The SMILES string of the molecule is CCCCCCCCCCCCCOC(=O)OC(CCCC)(CCCC)CCCC.